The second-order valence-corrected chi connectivity index (χ2v) is 5.14. The van der Waals surface area contributed by atoms with E-state index in [-0.39, 0.29) is 18.3 Å². The highest BCUT2D eigenvalue weighted by Gasteiger charge is 2.23. The Labute approximate surface area is 112 Å². The molecule has 4 nitrogen and oxygen atoms in total. The molecule has 0 atom stereocenters. The number of likely N-dealkylation sites (N-methyl/N-ethyl adjacent to an activating group) is 1. The van der Waals surface area contributed by atoms with Gasteiger partial charge in [-0.1, -0.05) is 12.1 Å². The molecule has 1 aliphatic rings. The summed E-state index contributed by atoms with van der Waals surface area (Å²) in [4.78, 5) is 13.4. The first kappa shape index (κ1) is 14.0. The number of nitrogens with one attached hydrogen (secondary N) is 1. The van der Waals surface area contributed by atoms with Crippen LogP contribution >= 0.6 is 0 Å². The van der Waals surface area contributed by atoms with Crippen molar-refractivity contribution in [2.24, 2.45) is 5.73 Å². The van der Waals surface area contributed by atoms with Crippen LogP contribution in [-0.2, 0) is 17.9 Å². The Kier molecular flexibility index (Phi) is 4.50. The van der Waals surface area contributed by atoms with Gasteiger partial charge < -0.3 is 11.1 Å². The fraction of sp³-hybridized carbons (Fsp3) is 0.500. The van der Waals surface area contributed by atoms with Crippen LogP contribution in [0.2, 0.25) is 0 Å². The molecule has 0 bridgehead atoms. The Morgan fingerprint density at radius 2 is 2.26 bits per heavy atom. The molecule has 5 heteroatoms. The third-order valence-electron chi connectivity index (χ3n) is 3.15. The standard InChI is InChI=1S/C14H20FN3O/c1-18(9-14(19)17-12-4-5-12)8-11-3-2-10(7-16)6-13(11)15/h2-3,6,12H,4-5,7-9,16H2,1H3,(H,17,19). The van der Waals surface area contributed by atoms with E-state index in [4.69, 9.17) is 5.73 Å². The van der Waals surface area contributed by atoms with Crippen LogP contribution in [0.1, 0.15) is 24.0 Å². The van der Waals surface area contributed by atoms with E-state index in [9.17, 15) is 9.18 Å². The lowest BCUT2D eigenvalue weighted by Crippen LogP contribution is -2.36. The summed E-state index contributed by atoms with van der Waals surface area (Å²) >= 11 is 0. The van der Waals surface area contributed by atoms with Gasteiger partial charge in [-0.15, -0.1) is 0 Å². The van der Waals surface area contributed by atoms with Gasteiger partial charge in [-0.05, 0) is 31.5 Å². The van der Waals surface area contributed by atoms with Gasteiger partial charge in [0.25, 0.3) is 0 Å². The Hall–Kier alpha value is -1.46. The summed E-state index contributed by atoms with van der Waals surface area (Å²) in [5.74, 6) is -0.263. The van der Waals surface area contributed by atoms with Crippen LogP contribution in [-0.4, -0.2) is 30.4 Å². The Bertz CT molecular complexity index is 460. The minimum Gasteiger partial charge on any atom is -0.352 e. The van der Waals surface area contributed by atoms with Crippen LogP contribution in [0.25, 0.3) is 0 Å². The maximum atomic E-state index is 13.8. The number of rotatable bonds is 6. The lowest BCUT2D eigenvalue weighted by Gasteiger charge is -2.17. The zero-order chi connectivity index (χ0) is 13.8. The summed E-state index contributed by atoms with van der Waals surface area (Å²) in [7, 11) is 1.81. The molecule has 1 aromatic rings. The fourth-order valence-corrected chi connectivity index (χ4v) is 1.94. The smallest absolute Gasteiger partial charge is 0.234 e. The van der Waals surface area contributed by atoms with E-state index >= 15 is 0 Å². The predicted octanol–water partition coefficient (Wildman–Crippen LogP) is 0.995. The summed E-state index contributed by atoms with van der Waals surface area (Å²) in [5, 5.41) is 2.91. The predicted molar refractivity (Wildman–Crippen MR) is 71.8 cm³/mol. The van der Waals surface area contributed by atoms with Crippen molar-refractivity contribution < 1.29 is 9.18 Å². The Morgan fingerprint density at radius 3 is 2.84 bits per heavy atom. The van der Waals surface area contributed by atoms with Gasteiger partial charge in [-0.3, -0.25) is 9.69 Å². The molecule has 0 radical (unpaired) electrons. The highest BCUT2D eigenvalue weighted by atomic mass is 19.1. The lowest BCUT2D eigenvalue weighted by molar-refractivity contribution is -0.122. The number of benzene rings is 1. The number of carbonyl (C=O) groups is 1. The molecule has 1 aromatic carbocycles. The van der Waals surface area contributed by atoms with Crippen LogP contribution in [0.15, 0.2) is 18.2 Å². The van der Waals surface area contributed by atoms with Crippen LogP contribution < -0.4 is 11.1 Å². The zero-order valence-electron chi connectivity index (χ0n) is 11.2. The van der Waals surface area contributed by atoms with Crippen LogP contribution in [0, 0.1) is 5.82 Å². The van der Waals surface area contributed by atoms with E-state index in [0.29, 0.717) is 24.7 Å². The summed E-state index contributed by atoms with van der Waals surface area (Å²) in [6.07, 6.45) is 2.15. The number of nitrogens with zero attached hydrogens (tertiary/aromatic N) is 1. The first-order valence-electron chi connectivity index (χ1n) is 6.53. The summed E-state index contributed by atoms with van der Waals surface area (Å²) < 4.78 is 13.8. The molecule has 0 spiro atoms. The van der Waals surface area contributed by atoms with Crippen molar-refractivity contribution in [3.8, 4) is 0 Å². The molecule has 1 saturated carbocycles. The van der Waals surface area contributed by atoms with Crippen molar-refractivity contribution in [2.75, 3.05) is 13.6 Å². The SMILES string of the molecule is CN(CC(=O)NC1CC1)Cc1ccc(CN)cc1F. The van der Waals surface area contributed by atoms with E-state index in [2.05, 4.69) is 5.32 Å². The van der Waals surface area contributed by atoms with Gasteiger partial charge in [0, 0.05) is 24.7 Å². The van der Waals surface area contributed by atoms with Gasteiger partial charge in [0.2, 0.25) is 5.91 Å². The highest BCUT2D eigenvalue weighted by Crippen LogP contribution is 2.18. The molecule has 3 N–H and O–H groups in total. The number of nitrogens with two attached hydrogens (primary N) is 1. The van der Waals surface area contributed by atoms with Crippen molar-refractivity contribution in [3.05, 3.63) is 35.1 Å². The van der Waals surface area contributed by atoms with Crippen LogP contribution in [0.4, 0.5) is 4.39 Å². The fourth-order valence-electron chi connectivity index (χ4n) is 1.94. The quantitative estimate of drug-likeness (QED) is 0.806. The first-order chi connectivity index (χ1) is 9.08. The summed E-state index contributed by atoms with van der Waals surface area (Å²) in [6.45, 7) is 1.03. The zero-order valence-corrected chi connectivity index (χ0v) is 11.2. The minimum absolute atomic E-state index is 0.00369. The second-order valence-electron chi connectivity index (χ2n) is 5.14. The van der Waals surface area contributed by atoms with Gasteiger partial charge in [0.15, 0.2) is 0 Å². The normalized spacial score (nSPS) is 14.7. The molecule has 19 heavy (non-hydrogen) atoms. The average Bonchev–Trinajstić information content (AvgIpc) is 3.15. The number of hydrogen-bond donors (Lipinski definition) is 2. The maximum Gasteiger partial charge on any atom is 0.234 e. The van der Waals surface area contributed by atoms with Crippen molar-refractivity contribution >= 4 is 5.91 Å². The molecule has 104 valence electrons. The third kappa shape index (κ3) is 4.29. The van der Waals surface area contributed by atoms with E-state index in [1.165, 1.54) is 6.07 Å². The van der Waals surface area contributed by atoms with E-state index in [0.717, 1.165) is 18.4 Å². The Balaban J connectivity index is 1.86. The van der Waals surface area contributed by atoms with Gasteiger partial charge in [-0.25, -0.2) is 4.39 Å². The molecule has 0 heterocycles. The second kappa shape index (κ2) is 6.12. The van der Waals surface area contributed by atoms with Gasteiger partial charge in [0.05, 0.1) is 6.54 Å². The maximum absolute atomic E-state index is 13.8. The monoisotopic (exact) mass is 265 g/mol. The van der Waals surface area contributed by atoms with E-state index in [1.807, 2.05) is 13.1 Å². The molecule has 1 amide bonds. The topological polar surface area (TPSA) is 58.4 Å². The molecule has 0 aromatic heterocycles. The molecular weight excluding hydrogens is 245 g/mol. The van der Waals surface area contributed by atoms with Gasteiger partial charge in [-0.2, -0.15) is 0 Å². The lowest BCUT2D eigenvalue weighted by atomic mass is 10.1. The van der Waals surface area contributed by atoms with Gasteiger partial charge >= 0.3 is 0 Å². The molecule has 0 unspecified atom stereocenters. The number of carbonyl (C=O) groups excluding carboxylic acids is 1. The first-order valence-corrected chi connectivity index (χ1v) is 6.53. The van der Waals surface area contributed by atoms with E-state index < -0.39 is 0 Å². The largest absolute Gasteiger partial charge is 0.352 e. The Morgan fingerprint density at radius 1 is 1.53 bits per heavy atom. The number of hydrogen-bond acceptors (Lipinski definition) is 3. The number of halogens is 1. The summed E-state index contributed by atoms with van der Waals surface area (Å²) in [5.41, 5.74) is 6.81. The molecular formula is C14H20FN3O. The van der Waals surface area contributed by atoms with Crippen molar-refractivity contribution in [1.82, 2.24) is 10.2 Å². The van der Waals surface area contributed by atoms with Gasteiger partial charge in [0.1, 0.15) is 5.82 Å². The van der Waals surface area contributed by atoms with Crippen molar-refractivity contribution in [1.29, 1.82) is 0 Å². The average molecular weight is 265 g/mol. The third-order valence-corrected chi connectivity index (χ3v) is 3.15. The molecule has 1 fully saturated rings. The van der Waals surface area contributed by atoms with Crippen LogP contribution in [0.3, 0.4) is 0 Å². The molecule has 0 saturated heterocycles. The molecule has 0 aliphatic heterocycles. The minimum atomic E-state index is -0.266. The molecule has 1 aliphatic carbocycles. The number of amides is 1. The van der Waals surface area contributed by atoms with Crippen molar-refractivity contribution in [2.45, 2.75) is 32.0 Å². The highest BCUT2D eigenvalue weighted by molar-refractivity contribution is 5.78. The van der Waals surface area contributed by atoms with Crippen LogP contribution in [0.5, 0.6) is 0 Å². The molecule has 2 rings (SSSR count). The van der Waals surface area contributed by atoms with E-state index in [1.54, 1.807) is 11.0 Å². The van der Waals surface area contributed by atoms with Crippen molar-refractivity contribution in [3.63, 3.8) is 0 Å². The summed E-state index contributed by atoms with van der Waals surface area (Å²) in [6, 6.07) is 5.36.